The van der Waals surface area contributed by atoms with Crippen molar-refractivity contribution >= 4 is 27.5 Å². The molecule has 0 saturated heterocycles. The molecule has 7 heteroatoms. The molecule has 0 amide bonds. The van der Waals surface area contributed by atoms with Gasteiger partial charge in [-0.15, -0.1) is 11.8 Å². The highest BCUT2D eigenvalue weighted by atomic mass is 32.2. The van der Waals surface area contributed by atoms with Crippen LogP contribution in [0.4, 0.5) is 5.69 Å². The fraction of sp³-hybridized carbons (Fsp3) is 0.143. The van der Waals surface area contributed by atoms with Crippen molar-refractivity contribution in [3.05, 3.63) is 42.5 Å². The van der Waals surface area contributed by atoms with Gasteiger partial charge >= 0.3 is 0 Å². The topological polar surface area (TPSA) is 81.4 Å². The zero-order chi connectivity index (χ0) is 15.5. The minimum absolute atomic E-state index is 0.0147. The number of nitrogens with one attached hydrogen (secondary N) is 1. The normalized spacial score (nSPS) is 11.3. The van der Waals surface area contributed by atoms with Gasteiger partial charge in [0, 0.05) is 10.6 Å². The molecule has 0 spiro atoms. The molecule has 0 heterocycles. The second-order valence-corrected chi connectivity index (χ2v) is 6.87. The molecule has 2 aromatic carbocycles. The molecule has 0 saturated carbocycles. The second kappa shape index (κ2) is 6.38. The van der Waals surface area contributed by atoms with E-state index in [1.54, 1.807) is 18.2 Å². The van der Waals surface area contributed by atoms with Crippen molar-refractivity contribution in [2.45, 2.75) is 9.79 Å². The first-order valence-corrected chi connectivity index (χ1v) is 8.82. The summed E-state index contributed by atoms with van der Waals surface area (Å²) in [5.41, 5.74) is 6.03. The van der Waals surface area contributed by atoms with Crippen LogP contribution in [0.25, 0.3) is 0 Å². The predicted molar refractivity (Wildman–Crippen MR) is 85.4 cm³/mol. The van der Waals surface area contributed by atoms with E-state index in [4.69, 9.17) is 10.5 Å². The monoisotopic (exact) mass is 324 g/mol. The third-order valence-corrected chi connectivity index (χ3v) is 5.03. The number of para-hydroxylation sites is 1. The lowest BCUT2D eigenvalue weighted by atomic mass is 10.3. The van der Waals surface area contributed by atoms with Crippen molar-refractivity contribution in [2.75, 3.05) is 19.0 Å². The minimum atomic E-state index is -3.65. The van der Waals surface area contributed by atoms with Gasteiger partial charge in [-0.3, -0.25) is 0 Å². The van der Waals surface area contributed by atoms with E-state index in [0.717, 1.165) is 4.90 Å². The number of hydrogen-bond acceptors (Lipinski definition) is 5. The van der Waals surface area contributed by atoms with E-state index in [-0.39, 0.29) is 10.6 Å². The first kappa shape index (κ1) is 15.7. The summed E-state index contributed by atoms with van der Waals surface area (Å²) in [5, 5.41) is 0. The largest absolute Gasteiger partial charge is 0.455 e. The smallest absolute Gasteiger partial charge is 0.244 e. The molecule has 5 nitrogen and oxygen atoms in total. The maximum atomic E-state index is 12.1. The lowest BCUT2D eigenvalue weighted by Crippen LogP contribution is -2.19. The highest BCUT2D eigenvalue weighted by Gasteiger charge is 2.19. The van der Waals surface area contributed by atoms with Gasteiger partial charge in [0.2, 0.25) is 10.0 Å². The lowest BCUT2D eigenvalue weighted by molar-refractivity contribution is 0.456. The van der Waals surface area contributed by atoms with Crippen molar-refractivity contribution in [1.29, 1.82) is 0 Å². The third-order valence-electron chi connectivity index (χ3n) is 2.82. The Morgan fingerprint density at radius 3 is 2.52 bits per heavy atom. The molecule has 2 rings (SSSR count). The summed E-state index contributed by atoms with van der Waals surface area (Å²) >= 11 is 1.52. The number of thioether (sulfide) groups is 1. The van der Waals surface area contributed by atoms with Crippen LogP contribution in [0, 0.1) is 0 Å². The molecule has 0 radical (unpaired) electrons. The fourth-order valence-electron chi connectivity index (χ4n) is 1.75. The van der Waals surface area contributed by atoms with E-state index in [0.29, 0.717) is 11.4 Å². The summed E-state index contributed by atoms with van der Waals surface area (Å²) in [6.07, 6.45) is 1.93. The molecule has 0 bridgehead atoms. The molecule has 0 fully saturated rings. The van der Waals surface area contributed by atoms with Crippen molar-refractivity contribution < 1.29 is 13.2 Å². The van der Waals surface area contributed by atoms with Crippen LogP contribution in [0.15, 0.2) is 52.3 Å². The third kappa shape index (κ3) is 3.49. The number of anilines is 1. The van der Waals surface area contributed by atoms with Crippen molar-refractivity contribution in [3.8, 4) is 11.5 Å². The zero-order valence-corrected chi connectivity index (χ0v) is 13.3. The Balaban J connectivity index is 2.50. The summed E-state index contributed by atoms with van der Waals surface area (Å²) in [5.74, 6) is 0.836. The van der Waals surface area contributed by atoms with Gasteiger partial charge in [-0.05, 0) is 43.6 Å². The van der Waals surface area contributed by atoms with Gasteiger partial charge in [-0.2, -0.15) is 0 Å². The molecular formula is C14H16N2O3S2. The van der Waals surface area contributed by atoms with Crippen LogP contribution in [0.2, 0.25) is 0 Å². The van der Waals surface area contributed by atoms with Crippen LogP contribution in [-0.4, -0.2) is 21.7 Å². The Bertz CT molecular complexity index is 746. The summed E-state index contributed by atoms with van der Waals surface area (Å²) in [4.78, 5) is 0.933. The number of nitrogen functional groups attached to an aromatic ring is 1. The number of benzene rings is 2. The minimum Gasteiger partial charge on any atom is -0.455 e. The number of rotatable bonds is 5. The number of nitrogens with two attached hydrogens (primary N) is 1. The van der Waals surface area contributed by atoms with Crippen LogP contribution >= 0.6 is 11.8 Å². The molecule has 0 aliphatic carbocycles. The van der Waals surface area contributed by atoms with Crippen LogP contribution in [0.3, 0.4) is 0 Å². The highest BCUT2D eigenvalue weighted by Crippen LogP contribution is 2.35. The van der Waals surface area contributed by atoms with Gasteiger partial charge in [0.15, 0.2) is 0 Å². The molecule has 0 aliphatic heterocycles. The van der Waals surface area contributed by atoms with E-state index < -0.39 is 10.0 Å². The average Bonchev–Trinajstić information content (AvgIpc) is 2.49. The van der Waals surface area contributed by atoms with Gasteiger partial charge in [-0.25, -0.2) is 13.1 Å². The summed E-state index contributed by atoms with van der Waals surface area (Å²) in [7, 11) is -2.31. The van der Waals surface area contributed by atoms with Gasteiger partial charge < -0.3 is 10.5 Å². The molecule has 0 aliphatic rings. The Kier molecular flexibility index (Phi) is 4.76. The molecule has 0 unspecified atom stereocenters. The molecule has 21 heavy (non-hydrogen) atoms. The first-order valence-electron chi connectivity index (χ1n) is 6.12. The van der Waals surface area contributed by atoms with Gasteiger partial charge in [0.05, 0.1) is 0 Å². The predicted octanol–water partition coefficient (Wildman–Crippen LogP) is 2.69. The summed E-state index contributed by atoms with van der Waals surface area (Å²) in [6.45, 7) is 0. The number of sulfonamides is 1. The Morgan fingerprint density at radius 1 is 1.14 bits per heavy atom. The Hall–Kier alpha value is -1.70. The quantitative estimate of drug-likeness (QED) is 0.653. The van der Waals surface area contributed by atoms with E-state index in [2.05, 4.69) is 4.72 Å². The maximum absolute atomic E-state index is 12.1. The van der Waals surface area contributed by atoms with E-state index >= 15 is 0 Å². The van der Waals surface area contributed by atoms with Crippen LogP contribution in [0.1, 0.15) is 0 Å². The van der Waals surface area contributed by atoms with E-state index in [1.807, 2.05) is 24.5 Å². The molecule has 0 aromatic heterocycles. The Morgan fingerprint density at radius 2 is 1.86 bits per heavy atom. The number of ether oxygens (including phenoxy) is 1. The average molecular weight is 324 g/mol. The van der Waals surface area contributed by atoms with Crippen molar-refractivity contribution in [1.82, 2.24) is 4.72 Å². The summed E-state index contributed by atoms with van der Waals surface area (Å²) in [6, 6.07) is 12.0. The Labute approximate surface area is 128 Å². The van der Waals surface area contributed by atoms with E-state index in [1.165, 1.54) is 24.9 Å². The lowest BCUT2D eigenvalue weighted by Gasteiger charge is -2.13. The van der Waals surface area contributed by atoms with Gasteiger partial charge in [0.1, 0.15) is 16.4 Å². The number of hydrogen-bond donors (Lipinski definition) is 2. The molecule has 3 N–H and O–H groups in total. The van der Waals surface area contributed by atoms with Crippen LogP contribution in [-0.2, 0) is 10.0 Å². The summed E-state index contributed by atoms with van der Waals surface area (Å²) < 4.78 is 32.2. The van der Waals surface area contributed by atoms with E-state index in [9.17, 15) is 8.42 Å². The molecule has 0 atom stereocenters. The SMILES string of the molecule is CNS(=O)(=O)c1cc(N)ccc1Oc1ccccc1SC. The maximum Gasteiger partial charge on any atom is 0.244 e. The van der Waals surface area contributed by atoms with Crippen LogP contribution < -0.4 is 15.2 Å². The standard InChI is InChI=1S/C14H16N2O3S2/c1-16-21(17,18)14-9-10(15)7-8-12(14)19-11-5-3-4-6-13(11)20-2/h3-9,16H,15H2,1-2H3. The van der Waals surface area contributed by atoms with Gasteiger partial charge in [-0.1, -0.05) is 12.1 Å². The second-order valence-electron chi connectivity index (χ2n) is 4.17. The van der Waals surface area contributed by atoms with Crippen molar-refractivity contribution in [3.63, 3.8) is 0 Å². The molecule has 2 aromatic rings. The van der Waals surface area contributed by atoms with Gasteiger partial charge in [0.25, 0.3) is 0 Å². The fourth-order valence-corrected chi connectivity index (χ4v) is 3.16. The molecule has 112 valence electrons. The zero-order valence-electron chi connectivity index (χ0n) is 11.7. The highest BCUT2D eigenvalue weighted by molar-refractivity contribution is 7.98. The van der Waals surface area contributed by atoms with Crippen LogP contribution in [0.5, 0.6) is 11.5 Å². The van der Waals surface area contributed by atoms with Crippen molar-refractivity contribution in [2.24, 2.45) is 0 Å². The first-order chi connectivity index (χ1) is 9.97. The molecular weight excluding hydrogens is 308 g/mol.